The van der Waals surface area contributed by atoms with Gasteiger partial charge in [-0.05, 0) is 38.6 Å². The Morgan fingerprint density at radius 3 is 2.33 bits per heavy atom. The van der Waals surface area contributed by atoms with E-state index in [-0.39, 0.29) is 0 Å². The lowest BCUT2D eigenvalue weighted by Crippen LogP contribution is -2.40. The van der Waals surface area contributed by atoms with E-state index < -0.39 is 5.72 Å². The third kappa shape index (κ3) is 3.00. The van der Waals surface area contributed by atoms with Crippen molar-refractivity contribution in [2.45, 2.75) is 26.1 Å². The number of nitrogens with zero attached hydrogens (tertiary/aromatic N) is 1. The molecule has 2 aromatic rings. The first kappa shape index (κ1) is 12.9. The minimum Gasteiger partial charge on any atom is -0.464 e. The van der Waals surface area contributed by atoms with Crippen LogP contribution >= 0.6 is 0 Å². The minimum atomic E-state index is -0.806. The molecule has 0 radical (unpaired) electrons. The molecular weight excluding hydrogens is 226 g/mol. The summed E-state index contributed by atoms with van der Waals surface area (Å²) in [7, 11) is 1.90. The molecule has 96 valence electrons. The van der Waals surface area contributed by atoms with Gasteiger partial charge in [-0.1, -0.05) is 24.3 Å². The van der Waals surface area contributed by atoms with Crippen molar-refractivity contribution >= 4 is 0 Å². The molecule has 2 rings (SSSR count). The molecule has 0 spiro atoms. The molecule has 0 amide bonds. The van der Waals surface area contributed by atoms with Gasteiger partial charge in [0.25, 0.3) is 0 Å². The molecule has 0 saturated carbocycles. The lowest BCUT2D eigenvalue weighted by atomic mass is 10.1. The van der Waals surface area contributed by atoms with Gasteiger partial charge in [-0.15, -0.1) is 0 Å². The Hall–Kier alpha value is -1.58. The van der Waals surface area contributed by atoms with E-state index in [2.05, 4.69) is 12.1 Å². The third-order valence-electron chi connectivity index (χ3n) is 3.11. The predicted molar refractivity (Wildman–Crippen MR) is 71.9 cm³/mol. The minimum absolute atomic E-state index is 0.710. The van der Waals surface area contributed by atoms with Crippen LogP contribution in [0.4, 0.5) is 0 Å². The van der Waals surface area contributed by atoms with Gasteiger partial charge in [0.05, 0.1) is 6.26 Å². The Balaban J connectivity index is 2.09. The molecule has 0 bridgehead atoms. The molecule has 0 fully saturated rings. The lowest BCUT2D eigenvalue weighted by molar-refractivity contribution is -0.0679. The predicted octanol–water partition coefficient (Wildman–Crippen LogP) is 3.11. The highest BCUT2D eigenvalue weighted by atomic mass is 16.3. The summed E-state index contributed by atoms with van der Waals surface area (Å²) < 4.78 is 5.34. The molecule has 1 aromatic heterocycles. The van der Waals surface area contributed by atoms with Crippen LogP contribution in [0.2, 0.25) is 0 Å². The number of hydrogen-bond acceptors (Lipinski definition) is 3. The van der Waals surface area contributed by atoms with Gasteiger partial charge in [0.1, 0.15) is 11.5 Å². The second-order valence-electron chi connectivity index (χ2n) is 5.02. The van der Waals surface area contributed by atoms with Gasteiger partial charge in [-0.3, -0.25) is 4.90 Å². The smallest absolute Gasteiger partial charge is 0.133 e. The second-order valence-corrected chi connectivity index (χ2v) is 5.02. The van der Waals surface area contributed by atoms with Crippen molar-refractivity contribution in [3.63, 3.8) is 0 Å². The maximum absolute atomic E-state index is 9.86. The number of benzene rings is 1. The van der Waals surface area contributed by atoms with Crippen LogP contribution in [0.15, 0.2) is 47.1 Å². The van der Waals surface area contributed by atoms with E-state index in [1.54, 1.807) is 20.1 Å². The summed E-state index contributed by atoms with van der Waals surface area (Å²) in [4.78, 5) is 1.90. The molecule has 1 N–H and O–H groups in total. The summed E-state index contributed by atoms with van der Waals surface area (Å²) in [6.45, 7) is 4.27. The van der Waals surface area contributed by atoms with E-state index in [0.717, 1.165) is 16.9 Å². The summed E-state index contributed by atoms with van der Waals surface area (Å²) in [5.74, 6) is 0.873. The Labute approximate surface area is 108 Å². The van der Waals surface area contributed by atoms with Crippen molar-refractivity contribution in [3.05, 3.63) is 48.2 Å². The van der Waals surface area contributed by atoms with Crippen molar-refractivity contribution in [3.8, 4) is 11.3 Å². The first-order valence-electron chi connectivity index (χ1n) is 6.03. The molecule has 3 nitrogen and oxygen atoms in total. The third-order valence-corrected chi connectivity index (χ3v) is 3.11. The van der Waals surface area contributed by atoms with Gasteiger partial charge in [0, 0.05) is 12.1 Å². The molecule has 1 heterocycles. The summed E-state index contributed by atoms with van der Waals surface area (Å²) >= 11 is 0. The van der Waals surface area contributed by atoms with E-state index in [1.165, 1.54) is 0 Å². The van der Waals surface area contributed by atoms with Gasteiger partial charge in [-0.25, -0.2) is 0 Å². The van der Waals surface area contributed by atoms with Crippen molar-refractivity contribution in [1.82, 2.24) is 4.90 Å². The molecule has 18 heavy (non-hydrogen) atoms. The molecule has 0 aliphatic carbocycles. The summed E-state index contributed by atoms with van der Waals surface area (Å²) in [5, 5.41) is 9.86. The SMILES string of the molecule is CN(Cc1ccc(-c2ccco2)cc1)C(C)(C)O. The molecular formula is C15H19NO2. The lowest BCUT2D eigenvalue weighted by Gasteiger charge is -2.30. The molecule has 3 heteroatoms. The Bertz CT molecular complexity index is 480. The summed E-state index contributed by atoms with van der Waals surface area (Å²) in [5.41, 5.74) is 1.42. The highest BCUT2D eigenvalue weighted by Gasteiger charge is 2.18. The van der Waals surface area contributed by atoms with Crippen LogP contribution in [0.25, 0.3) is 11.3 Å². The van der Waals surface area contributed by atoms with E-state index in [9.17, 15) is 5.11 Å². The zero-order valence-corrected chi connectivity index (χ0v) is 11.1. The van der Waals surface area contributed by atoms with Gasteiger partial charge in [0.2, 0.25) is 0 Å². The fourth-order valence-electron chi connectivity index (χ4n) is 1.68. The molecule has 0 aliphatic heterocycles. The van der Waals surface area contributed by atoms with Crippen LogP contribution in [0.3, 0.4) is 0 Å². The van der Waals surface area contributed by atoms with Gasteiger partial charge < -0.3 is 9.52 Å². The van der Waals surface area contributed by atoms with E-state index in [4.69, 9.17) is 4.42 Å². The second kappa shape index (κ2) is 4.96. The maximum Gasteiger partial charge on any atom is 0.133 e. The molecule has 0 atom stereocenters. The summed E-state index contributed by atoms with van der Waals surface area (Å²) in [6.07, 6.45) is 1.67. The zero-order valence-electron chi connectivity index (χ0n) is 11.1. The van der Waals surface area contributed by atoms with Crippen LogP contribution < -0.4 is 0 Å². The Morgan fingerprint density at radius 2 is 1.83 bits per heavy atom. The fraction of sp³-hybridized carbons (Fsp3) is 0.333. The number of furan rings is 1. The first-order valence-corrected chi connectivity index (χ1v) is 6.03. The molecule has 0 aliphatic rings. The average Bonchev–Trinajstić information content (AvgIpc) is 2.82. The Morgan fingerprint density at radius 1 is 1.17 bits per heavy atom. The molecule has 1 aromatic carbocycles. The summed E-state index contributed by atoms with van der Waals surface area (Å²) in [6, 6.07) is 12.0. The standard InChI is InChI=1S/C15H19NO2/c1-15(2,17)16(3)11-12-6-8-13(9-7-12)14-5-4-10-18-14/h4-10,17H,11H2,1-3H3. The number of hydrogen-bond donors (Lipinski definition) is 1. The molecule has 0 saturated heterocycles. The fourth-order valence-corrected chi connectivity index (χ4v) is 1.68. The van der Waals surface area contributed by atoms with E-state index in [1.807, 2.05) is 36.2 Å². The normalized spacial score (nSPS) is 12.1. The zero-order chi connectivity index (χ0) is 13.2. The van der Waals surface area contributed by atoms with Crippen LogP contribution in [-0.4, -0.2) is 22.8 Å². The number of aliphatic hydroxyl groups is 1. The van der Waals surface area contributed by atoms with Gasteiger partial charge in [-0.2, -0.15) is 0 Å². The Kier molecular flexibility index (Phi) is 3.55. The number of rotatable bonds is 4. The quantitative estimate of drug-likeness (QED) is 0.841. The van der Waals surface area contributed by atoms with Crippen LogP contribution in [-0.2, 0) is 6.54 Å². The van der Waals surface area contributed by atoms with Crippen molar-refractivity contribution in [1.29, 1.82) is 0 Å². The van der Waals surface area contributed by atoms with E-state index >= 15 is 0 Å². The average molecular weight is 245 g/mol. The largest absolute Gasteiger partial charge is 0.464 e. The van der Waals surface area contributed by atoms with Gasteiger partial charge in [0.15, 0.2) is 0 Å². The highest BCUT2D eigenvalue weighted by Crippen LogP contribution is 2.21. The van der Waals surface area contributed by atoms with Gasteiger partial charge >= 0.3 is 0 Å². The van der Waals surface area contributed by atoms with Crippen molar-refractivity contribution in [2.75, 3.05) is 7.05 Å². The van der Waals surface area contributed by atoms with Crippen LogP contribution in [0.1, 0.15) is 19.4 Å². The van der Waals surface area contributed by atoms with Crippen LogP contribution in [0.5, 0.6) is 0 Å². The molecule has 0 unspecified atom stereocenters. The highest BCUT2D eigenvalue weighted by molar-refractivity contribution is 5.57. The monoisotopic (exact) mass is 245 g/mol. The van der Waals surface area contributed by atoms with E-state index in [0.29, 0.717) is 6.54 Å². The van der Waals surface area contributed by atoms with Crippen molar-refractivity contribution < 1.29 is 9.52 Å². The topological polar surface area (TPSA) is 36.6 Å². The maximum atomic E-state index is 9.86. The van der Waals surface area contributed by atoms with Crippen molar-refractivity contribution in [2.24, 2.45) is 0 Å². The first-order chi connectivity index (χ1) is 8.47. The van der Waals surface area contributed by atoms with Crippen LogP contribution in [0, 0.1) is 0 Å².